The molecule has 3 heteroatoms. The van der Waals surface area contributed by atoms with Crippen molar-refractivity contribution in [3.05, 3.63) is 48.3 Å². The third kappa shape index (κ3) is 1.70. The minimum atomic E-state index is 0.107. The van der Waals surface area contributed by atoms with Crippen molar-refractivity contribution in [3.63, 3.8) is 0 Å². The molecule has 1 aliphatic heterocycles. The van der Waals surface area contributed by atoms with Crippen LogP contribution < -0.4 is 9.30 Å². The molecule has 0 bridgehead atoms. The van der Waals surface area contributed by atoms with Gasteiger partial charge in [0, 0.05) is 0 Å². The fourth-order valence-corrected chi connectivity index (χ4v) is 2.88. The molecule has 0 spiro atoms. The van der Waals surface area contributed by atoms with E-state index in [9.17, 15) is 0 Å². The zero-order valence-corrected chi connectivity index (χ0v) is 12.8. The van der Waals surface area contributed by atoms with Crippen LogP contribution >= 0.6 is 0 Å². The van der Waals surface area contributed by atoms with Gasteiger partial charge in [0.05, 0.1) is 23.8 Å². The first-order chi connectivity index (χ1) is 9.95. The molecule has 0 amide bonds. The van der Waals surface area contributed by atoms with Crippen LogP contribution in [0.3, 0.4) is 0 Å². The number of imidazole rings is 1. The Morgan fingerprint density at radius 2 is 1.90 bits per heavy atom. The Kier molecular flexibility index (Phi) is 2.30. The molecule has 0 radical (unpaired) electrons. The second-order valence-electron chi connectivity index (χ2n) is 6.65. The summed E-state index contributed by atoms with van der Waals surface area (Å²) in [4.78, 5) is 0. The molecule has 21 heavy (non-hydrogen) atoms. The predicted molar refractivity (Wildman–Crippen MR) is 82.1 cm³/mol. The van der Waals surface area contributed by atoms with Crippen molar-refractivity contribution in [1.29, 1.82) is 0 Å². The first-order valence-electron chi connectivity index (χ1n) is 7.21. The average molecular weight is 278 g/mol. The van der Waals surface area contributed by atoms with Gasteiger partial charge in [-0.2, -0.15) is 0 Å². The third-order valence-corrected chi connectivity index (χ3v) is 4.10. The van der Waals surface area contributed by atoms with Crippen LogP contribution in [0.15, 0.2) is 36.4 Å². The molecule has 0 saturated heterocycles. The lowest BCUT2D eigenvalue weighted by Crippen LogP contribution is -2.33. The van der Waals surface area contributed by atoms with E-state index in [0.717, 1.165) is 28.2 Å². The van der Waals surface area contributed by atoms with Gasteiger partial charge in [0.2, 0.25) is 6.33 Å². The summed E-state index contributed by atoms with van der Waals surface area (Å²) in [5.74, 6) is 1.79. The van der Waals surface area contributed by atoms with Crippen LogP contribution in [-0.4, -0.2) is 4.57 Å². The van der Waals surface area contributed by atoms with Crippen LogP contribution in [0.25, 0.3) is 16.7 Å². The molecule has 0 atom stereocenters. The topological polar surface area (TPSA) is 18.0 Å². The van der Waals surface area contributed by atoms with E-state index >= 15 is 0 Å². The quantitative estimate of drug-likeness (QED) is 0.354. The van der Waals surface area contributed by atoms with E-state index in [1.807, 2.05) is 23.7 Å². The molecule has 3 nitrogen and oxygen atoms in total. The zero-order chi connectivity index (χ0) is 14.8. The number of nitrogens with zero attached hydrogens (tertiary/aromatic N) is 2. The SMILES string of the molecule is Cn1[c-][n+]2c3c(cccc31)Oc1cc(C(C)(C)C)ccc1-2. The summed E-state index contributed by atoms with van der Waals surface area (Å²) in [5.41, 5.74) is 4.63. The van der Waals surface area contributed by atoms with E-state index in [1.54, 1.807) is 0 Å². The number of hydrogen-bond donors (Lipinski definition) is 0. The van der Waals surface area contributed by atoms with Gasteiger partial charge in [-0.15, -0.1) is 0 Å². The summed E-state index contributed by atoms with van der Waals surface area (Å²) in [6.07, 6.45) is 3.36. The highest BCUT2D eigenvalue weighted by atomic mass is 16.5. The minimum absolute atomic E-state index is 0.107. The van der Waals surface area contributed by atoms with Crippen molar-refractivity contribution in [1.82, 2.24) is 4.57 Å². The van der Waals surface area contributed by atoms with Crippen LogP contribution in [0, 0.1) is 6.33 Å². The summed E-state index contributed by atoms with van der Waals surface area (Å²) in [5, 5.41) is 0. The van der Waals surface area contributed by atoms with Crippen molar-refractivity contribution in [2.75, 3.05) is 0 Å². The van der Waals surface area contributed by atoms with Gasteiger partial charge in [-0.05, 0) is 23.1 Å². The molecular formula is C18H18N2O. The maximum Gasteiger partial charge on any atom is 0.244 e. The lowest BCUT2D eigenvalue weighted by molar-refractivity contribution is -0.575. The van der Waals surface area contributed by atoms with E-state index in [2.05, 4.69) is 55.9 Å². The average Bonchev–Trinajstić information content (AvgIpc) is 2.77. The van der Waals surface area contributed by atoms with Crippen molar-refractivity contribution in [2.45, 2.75) is 26.2 Å². The monoisotopic (exact) mass is 278 g/mol. The number of rotatable bonds is 0. The third-order valence-electron chi connectivity index (χ3n) is 4.10. The Balaban J connectivity index is 2.02. The molecule has 2 heterocycles. The Morgan fingerprint density at radius 3 is 2.67 bits per heavy atom. The Bertz CT molecular complexity index is 869. The van der Waals surface area contributed by atoms with Gasteiger partial charge in [0.15, 0.2) is 0 Å². The van der Waals surface area contributed by atoms with Crippen molar-refractivity contribution >= 4 is 11.0 Å². The fourth-order valence-electron chi connectivity index (χ4n) is 2.88. The lowest BCUT2D eigenvalue weighted by Gasteiger charge is -2.25. The highest BCUT2D eigenvalue weighted by molar-refractivity contribution is 5.81. The maximum atomic E-state index is 6.14. The normalized spacial score (nSPS) is 13.1. The van der Waals surface area contributed by atoms with Gasteiger partial charge in [0.1, 0.15) is 11.5 Å². The van der Waals surface area contributed by atoms with Crippen molar-refractivity contribution < 1.29 is 9.30 Å². The summed E-state index contributed by atoms with van der Waals surface area (Å²) in [7, 11) is 2.01. The number of para-hydroxylation sites is 1. The summed E-state index contributed by atoms with van der Waals surface area (Å²) < 4.78 is 10.2. The molecule has 0 fully saturated rings. The predicted octanol–water partition coefficient (Wildman–Crippen LogP) is 3.66. The second-order valence-corrected chi connectivity index (χ2v) is 6.65. The molecule has 0 N–H and O–H groups in total. The molecule has 2 aromatic carbocycles. The molecule has 0 unspecified atom stereocenters. The van der Waals surface area contributed by atoms with Crippen LogP contribution in [-0.2, 0) is 12.5 Å². The Labute approximate surface area is 124 Å². The van der Waals surface area contributed by atoms with Gasteiger partial charge in [-0.3, -0.25) is 0 Å². The van der Waals surface area contributed by atoms with Gasteiger partial charge in [0.25, 0.3) is 0 Å². The van der Waals surface area contributed by atoms with E-state index in [0.29, 0.717) is 0 Å². The Morgan fingerprint density at radius 1 is 1.10 bits per heavy atom. The number of aromatic nitrogens is 2. The first kappa shape index (κ1) is 12.5. The van der Waals surface area contributed by atoms with E-state index in [1.165, 1.54) is 5.56 Å². The molecule has 3 aromatic rings. The highest BCUT2D eigenvalue weighted by Crippen LogP contribution is 2.37. The fraction of sp³-hybridized carbons (Fsp3) is 0.278. The van der Waals surface area contributed by atoms with Gasteiger partial charge in [-0.25, -0.2) is 0 Å². The number of fused-ring (bicyclic) bond motifs is 2. The molecule has 1 aliphatic rings. The van der Waals surface area contributed by atoms with Gasteiger partial charge < -0.3 is 13.9 Å². The van der Waals surface area contributed by atoms with Crippen LogP contribution in [0.2, 0.25) is 0 Å². The number of ether oxygens (including phenoxy) is 1. The first-order valence-corrected chi connectivity index (χ1v) is 7.21. The number of benzene rings is 2. The Hall–Kier alpha value is -2.29. The highest BCUT2D eigenvalue weighted by Gasteiger charge is 2.23. The molecule has 106 valence electrons. The molecule has 4 rings (SSSR count). The summed E-state index contributed by atoms with van der Waals surface area (Å²) >= 11 is 0. The van der Waals surface area contributed by atoms with E-state index in [-0.39, 0.29) is 5.41 Å². The minimum Gasteiger partial charge on any atom is -0.469 e. The summed E-state index contributed by atoms with van der Waals surface area (Å²) in [6, 6.07) is 12.6. The summed E-state index contributed by atoms with van der Waals surface area (Å²) in [6.45, 7) is 6.64. The van der Waals surface area contributed by atoms with Crippen molar-refractivity contribution in [2.24, 2.45) is 7.05 Å². The van der Waals surface area contributed by atoms with E-state index in [4.69, 9.17) is 4.74 Å². The van der Waals surface area contributed by atoms with Crippen LogP contribution in [0.4, 0.5) is 0 Å². The van der Waals surface area contributed by atoms with Gasteiger partial charge >= 0.3 is 0 Å². The van der Waals surface area contributed by atoms with Crippen molar-refractivity contribution in [3.8, 4) is 17.2 Å². The zero-order valence-electron chi connectivity index (χ0n) is 12.8. The number of aryl methyl sites for hydroxylation is 1. The van der Waals surface area contributed by atoms with E-state index < -0.39 is 0 Å². The largest absolute Gasteiger partial charge is 0.469 e. The second kappa shape index (κ2) is 3.88. The van der Waals surface area contributed by atoms with Gasteiger partial charge in [-0.1, -0.05) is 45.0 Å². The van der Waals surface area contributed by atoms with Crippen LogP contribution in [0.5, 0.6) is 11.5 Å². The lowest BCUT2D eigenvalue weighted by atomic mass is 9.87. The molecule has 0 aliphatic carbocycles. The van der Waals surface area contributed by atoms with Crippen LogP contribution in [0.1, 0.15) is 26.3 Å². The standard InChI is InChI=1S/C18H18N2O/c1-18(2,3)12-8-9-13-16(10-12)21-15-7-5-6-14-17(15)20(13)11-19(14)4/h5-10H,1-4H3. The number of hydrogen-bond acceptors (Lipinski definition) is 1. The molecular weight excluding hydrogens is 260 g/mol. The smallest absolute Gasteiger partial charge is 0.244 e. The molecule has 1 aromatic heterocycles. The maximum absolute atomic E-state index is 6.14. The molecule has 0 saturated carbocycles.